The van der Waals surface area contributed by atoms with E-state index >= 15 is 0 Å². The van der Waals surface area contributed by atoms with Gasteiger partial charge in [0.15, 0.2) is 0 Å². The van der Waals surface area contributed by atoms with Crippen molar-refractivity contribution in [2.75, 3.05) is 50.8 Å². The quantitative estimate of drug-likeness (QED) is 0.861. The lowest BCUT2D eigenvalue weighted by Crippen LogP contribution is -2.41. The molecule has 0 radical (unpaired) electrons. The van der Waals surface area contributed by atoms with E-state index < -0.39 is 0 Å². The number of carbonyl (C=O) groups excluding carboxylic acids is 1. The highest BCUT2D eigenvalue weighted by Crippen LogP contribution is 2.17. The van der Waals surface area contributed by atoms with Crippen LogP contribution in [0.25, 0.3) is 0 Å². The highest BCUT2D eigenvalue weighted by atomic mass is 16.5. The summed E-state index contributed by atoms with van der Waals surface area (Å²) < 4.78 is 5.38. The second-order valence-electron chi connectivity index (χ2n) is 6.84. The summed E-state index contributed by atoms with van der Waals surface area (Å²) in [6.07, 6.45) is 3.03. The fourth-order valence-electron chi connectivity index (χ4n) is 3.47. The Morgan fingerprint density at radius 1 is 1.12 bits per heavy atom. The van der Waals surface area contributed by atoms with Crippen molar-refractivity contribution in [3.63, 3.8) is 0 Å². The van der Waals surface area contributed by atoms with Crippen LogP contribution in [0.1, 0.15) is 25.3 Å². The number of nitrogens with zero attached hydrogens (tertiary/aromatic N) is 2. The van der Waals surface area contributed by atoms with Crippen LogP contribution in [0.5, 0.6) is 0 Å². The van der Waals surface area contributed by atoms with Crippen molar-refractivity contribution in [1.29, 1.82) is 0 Å². The van der Waals surface area contributed by atoms with Gasteiger partial charge in [0.05, 0.1) is 19.6 Å². The Morgan fingerprint density at radius 3 is 2.46 bits per heavy atom. The van der Waals surface area contributed by atoms with E-state index in [1.54, 1.807) is 0 Å². The van der Waals surface area contributed by atoms with Gasteiger partial charge in [0.2, 0.25) is 5.91 Å². The zero-order chi connectivity index (χ0) is 16.8. The molecule has 132 valence electrons. The molecular formula is C19H29N3O2. The van der Waals surface area contributed by atoms with Gasteiger partial charge >= 0.3 is 0 Å². The summed E-state index contributed by atoms with van der Waals surface area (Å²) in [7, 11) is 0. The molecule has 5 heteroatoms. The normalized spacial score (nSPS) is 20.1. The third kappa shape index (κ3) is 4.71. The summed E-state index contributed by atoms with van der Waals surface area (Å²) >= 11 is 0. The van der Waals surface area contributed by atoms with Crippen molar-refractivity contribution in [3.8, 4) is 0 Å². The van der Waals surface area contributed by atoms with Gasteiger partial charge in [-0.1, -0.05) is 12.1 Å². The van der Waals surface area contributed by atoms with Crippen LogP contribution in [-0.2, 0) is 16.0 Å². The number of hydrogen-bond donors (Lipinski definition) is 1. The van der Waals surface area contributed by atoms with Crippen molar-refractivity contribution in [3.05, 3.63) is 29.8 Å². The number of anilines is 1. The average molecular weight is 331 g/mol. The number of rotatable bonds is 6. The van der Waals surface area contributed by atoms with E-state index in [0.717, 1.165) is 38.4 Å². The molecule has 1 aromatic rings. The van der Waals surface area contributed by atoms with Crippen LogP contribution in [0, 0.1) is 0 Å². The topological polar surface area (TPSA) is 44.8 Å². The Balaban J connectivity index is 1.43. The molecule has 2 fully saturated rings. The van der Waals surface area contributed by atoms with Gasteiger partial charge < -0.3 is 15.0 Å². The summed E-state index contributed by atoms with van der Waals surface area (Å²) in [5.74, 6) is 0.111. The second-order valence-corrected chi connectivity index (χ2v) is 6.84. The van der Waals surface area contributed by atoms with Gasteiger partial charge in [0, 0.05) is 31.4 Å². The van der Waals surface area contributed by atoms with Gasteiger partial charge in [0.25, 0.3) is 0 Å². The van der Waals surface area contributed by atoms with Crippen molar-refractivity contribution >= 4 is 11.6 Å². The molecule has 2 aliphatic rings. The summed E-state index contributed by atoms with van der Waals surface area (Å²) in [5.41, 5.74) is 2.28. The molecule has 0 saturated carbocycles. The van der Waals surface area contributed by atoms with Crippen LogP contribution < -0.4 is 10.2 Å². The largest absolute Gasteiger partial charge is 0.378 e. The van der Waals surface area contributed by atoms with Crippen LogP contribution in [-0.4, -0.2) is 62.8 Å². The Hall–Kier alpha value is -1.59. The van der Waals surface area contributed by atoms with Crippen LogP contribution in [0.4, 0.5) is 5.69 Å². The summed E-state index contributed by atoms with van der Waals surface area (Å²) in [6.45, 7) is 8.73. The molecule has 5 nitrogen and oxygen atoms in total. The van der Waals surface area contributed by atoms with E-state index in [1.165, 1.54) is 31.6 Å². The van der Waals surface area contributed by atoms with Gasteiger partial charge in [-0.05, 0) is 50.6 Å². The third-order valence-electron chi connectivity index (χ3n) is 5.04. The summed E-state index contributed by atoms with van der Waals surface area (Å²) in [4.78, 5) is 16.9. The van der Waals surface area contributed by atoms with Crippen molar-refractivity contribution in [2.45, 2.75) is 32.2 Å². The minimum Gasteiger partial charge on any atom is -0.378 e. The number of morpholine rings is 1. The molecule has 1 unspecified atom stereocenters. The molecule has 0 bridgehead atoms. The standard InChI is InChI=1S/C19H29N3O2/c1-16(21-8-2-3-9-21)15-20-19(23)14-17-4-6-18(7-5-17)22-10-12-24-13-11-22/h4-7,16H,2-3,8-15H2,1H3,(H,20,23). The van der Waals surface area contributed by atoms with Crippen molar-refractivity contribution in [1.82, 2.24) is 10.2 Å². The van der Waals surface area contributed by atoms with Crippen LogP contribution in [0.15, 0.2) is 24.3 Å². The van der Waals surface area contributed by atoms with E-state index in [4.69, 9.17) is 4.74 Å². The predicted molar refractivity (Wildman–Crippen MR) is 96.5 cm³/mol. The van der Waals surface area contributed by atoms with Gasteiger partial charge in [-0.25, -0.2) is 0 Å². The lowest BCUT2D eigenvalue weighted by molar-refractivity contribution is -0.120. The first-order valence-corrected chi connectivity index (χ1v) is 9.15. The molecule has 0 spiro atoms. The number of amides is 1. The average Bonchev–Trinajstić information content (AvgIpc) is 3.16. The fourth-order valence-corrected chi connectivity index (χ4v) is 3.47. The Labute approximate surface area is 145 Å². The minimum atomic E-state index is 0.111. The Morgan fingerprint density at radius 2 is 1.79 bits per heavy atom. The van der Waals surface area contributed by atoms with E-state index in [9.17, 15) is 4.79 Å². The number of benzene rings is 1. The van der Waals surface area contributed by atoms with Gasteiger partial charge in [0.1, 0.15) is 0 Å². The van der Waals surface area contributed by atoms with E-state index in [2.05, 4.69) is 46.3 Å². The first-order chi connectivity index (χ1) is 11.7. The monoisotopic (exact) mass is 331 g/mol. The highest BCUT2D eigenvalue weighted by Gasteiger charge is 2.18. The molecule has 24 heavy (non-hydrogen) atoms. The maximum absolute atomic E-state index is 12.2. The van der Waals surface area contributed by atoms with Gasteiger partial charge in [-0.2, -0.15) is 0 Å². The molecule has 1 aromatic carbocycles. The SMILES string of the molecule is CC(CNC(=O)Cc1ccc(N2CCOCC2)cc1)N1CCCC1. The van der Waals surface area contributed by atoms with Crippen LogP contribution in [0.2, 0.25) is 0 Å². The van der Waals surface area contributed by atoms with Crippen molar-refractivity contribution < 1.29 is 9.53 Å². The number of ether oxygens (including phenoxy) is 1. The maximum Gasteiger partial charge on any atom is 0.224 e. The Kier molecular flexibility index (Phi) is 6.10. The summed E-state index contributed by atoms with van der Waals surface area (Å²) in [6, 6.07) is 8.78. The maximum atomic E-state index is 12.2. The first kappa shape index (κ1) is 17.2. The number of carbonyl (C=O) groups is 1. The molecule has 1 amide bonds. The first-order valence-electron chi connectivity index (χ1n) is 9.15. The lowest BCUT2D eigenvalue weighted by Gasteiger charge is -2.28. The fraction of sp³-hybridized carbons (Fsp3) is 0.632. The molecule has 3 rings (SSSR count). The highest BCUT2D eigenvalue weighted by molar-refractivity contribution is 5.78. The van der Waals surface area contributed by atoms with Gasteiger partial charge in [-0.15, -0.1) is 0 Å². The van der Waals surface area contributed by atoms with Crippen LogP contribution in [0.3, 0.4) is 0 Å². The molecule has 2 saturated heterocycles. The predicted octanol–water partition coefficient (Wildman–Crippen LogP) is 1.67. The van der Waals surface area contributed by atoms with Crippen molar-refractivity contribution in [2.24, 2.45) is 0 Å². The minimum absolute atomic E-state index is 0.111. The zero-order valence-corrected chi connectivity index (χ0v) is 14.7. The molecule has 2 heterocycles. The Bertz CT molecular complexity index is 520. The molecule has 1 N–H and O–H groups in total. The van der Waals surface area contributed by atoms with Gasteiger partial charge in [-0.3, -0.25) is 9.69 Å². The third-order valence-corrected chi connectivity index (χ3v) is 5.04. The molecule has 2 aliphatic heterocycles. The van der Waals surface area contributed by atoms with E-state index in [1.807, 2.05) is 0 Å². The van der Waals surface area contributed by atoms with E-state index in [-0.39, 0.29) is 5.91 Å². The summed E-state index contributed by atoms with van der Waals surface area (Å²) in [5, 5.41) is 3.08. The number of likely N-dealkylation sites (tertiary alicyclic amines) is 1. The molecule has 1 atom stereocenters. The zero-order valence-electron chi connectivity index (χ0n) is 14.7. The number of nitrogens with one attached hydrogen (secondary N) is 1. The molecule has 0 aromatic heterocycles. The van der Waals surface area contributed by atoms with Crippen LogP contribution >= 0.6 is 0 Å². The lowest BCUT2D eigenvalue weighted by atomic mass is 10.1. The van der Waals surface area contributed by atoms with E-state index in [0.29, 0.717) is 12.5 Å². The number of hydrogen-bond acceptors (Lipinski definition) is 4. The molecule has 0 aliphatic carbocycles. The smallest absolute Gasteiger partial charge is 0.224 e. The second kappa shape index (κ2) is 8.49. The molecular weight excluding hydrogens is 302 g/mol.